The summed E-state index contributed by atoms with van der Waals surface area (Å²) in [5.41, 5.74) is 0.383. The van der Waals surface area contributed by atoms with Crippen LogP contribution < -0.4 is 5.32 Å². The van der Waals surface area contributed by atoms with Gasteiger partial charge in [0.1, 0.15) is 0 Å². The van der Waals surface area contributed by atoms with Crippen molar-refractivity contribution in [3.63, 3.8) is 0 Å². The van der Waals surface area contributed by atoms with Crippen molar-refractivity contribution in [3.05, 3.63) is 22.4 Å². The first-order chi connectivity index (χ1) is 7.88. The molecule has 0 bridgehead atoms. The molecule has 0 aromatic carbocycles. The van der Waals surface area contributed by atoms with E-state index in [1.54, 1.807) is 0 Å². The lowest BCUT2D eigenvalue weighted by Crippen LogP contribution is -2.35. The average molecular weight is 254 g/mol. The highest BCUT2D eigenvalue weighted by molar-refractivity contribution is 7.10. The second-order valence-corrected chi connectivity index (χ2v) is 6.97. The summed E-state index contributed by atoms with van der Waals surface area (Å²) >= 11 is 1.82. The normalized spacial score (nSPS) is 14.2. The molecule has 1 aromatic rings. The van der Waals surface area contributed by atoms with Crippen LogP contribution in [0.2, 0.25) is 0 Å². The van der Waals surface area contributed by atoms with Crippen molar-refractivity contribution in [1.29, 1.82) is 0 Å². The van der Waals surface area contributed by atoms with Crippen LogP contribution in [0.25, 0.3) is 0 Å². The summed E-state index contributed by atoms with van der Waals surface area (Å²) < 4.78 is 0. The van der Waals surface area contributed by atoms with Crippen LogP contribution in [0.1, 0.15) is 38.6 Å². The largest absolute Gasteiger partial charge is 0.308 e. The van der Waals surface area contributed by atoms with E-state index in [1.165, 1.54) is 4.88 Å². The van der Waals surface area contributed by atoms with Crippen LogP contribution in [-0.4, -0.2) is 31.6 Å². The third-order valence-corrected chi connectivity index (χ3v) is 3.71. The van der Waals surface area contributed by atoms with Gasteiger partial charge in [-0.3, -0.25) is 0 Å². The van der Waals surface area contributed by atoms with Crippen LogP contribution in [0, 0.1) is 5.41 Å². The van der Waals surface area contributed by atoms with E-state index in [1.807, 2.05) is 11.3 Å². The number of likely N-dealkylation sites (N-methyl/N-ethyl adjacent to an activating group) is 1. The monoisotopic (exact) mass is 254 g/mol. The summed E-state index contributed by atoms with van der Waals surface area (Å²) in [6.07, 6.45) is 0. The molecule has 0 aliphatic heterocycles. The number of nitrogens with zero attached hydrogens (tertiary/aromatic N) is 1. The van der Waals surface area contributed by atoms with Crippen molar-refractivity contribution >= 4 is 11.3 Å². The van der Waals surface area contributed by atoms with E-state index in [9.17, 15) is 0 Å². The Labute approximate surface area is 110 Å². The van der Waals surface area contributed by atoms with Crippen molar-refractivity contribution in [2.24, 2.45) is 5.41 Å². The molecular formula is C14H26N2S. The maximum absolute atomic E-state index is 3.57. The second-order valence-electron chi connectivity index (χ2n) is 5.99. The zero-order valence-electron chi connectivity index (χ0n) is 11.8. The lowest BCUT2D eigenvalue weighted by atomic mass is 9.96. The van der Waals surface area contributed by atoms with E-state index in [4.69, 9.17) is 0 Å². The molecule has 17 heavy (non-hydrogen) atoms. The molecule has 1 N–H and O–H groups in total. The Balaban J connectivity index is 2.19. The minimum atomic E-state index is 0.383. The second kappa shape index (κ2) is 6.53. The maximum atomic E-state index is 3.57. The summed E-state index contributed by atoms with van der Waals surface area (Å²) in [5, 5.41) is 5.71. The van der Waals surface area contributed by atoms with Gasteiger partial charge in [-0.1, -0.05) is 26.8 Å². The van der Waals surface area contributed by atoms with Crippen molar-refractivity contribution in [1.82, 2.24) is 10.2 Å². The first-order valence-electron chi connectivity index (χ1n) is 6.34. The van der Waals surface area contributed by atoms with Crippen LogP contribution in [0.3, 0.4) is 0 Å². The molecule has 1 unspecified atom stereocenters. The van der Waals surface area contributed by atoms with Gasteiger partial charge in [-0.05, 0) is 30.8 Å². The molecule has 0 saturated carbocycles. The fourth-order valence-corrected chi connectivity index (χ4v) is 2.76. The first kappa shape index (κ1) is 14.7. The average Bonchev–Trinajstić information content (AvgIpc) is 2.66. The van der Waals surface area contributed by atoms with E-state index in [0.29, 0.717) is 11.5 Å². The Morgan fingerprint density at radius 3 is 2.65 bits per heavy atom. The molecule has 1 aromatic heterocycles. The van der Waals surface area contributed by atoms with Crippen molar-refractivity contribution in [2.75, 3.05) is 26.7 Å². The summed E-state index contributed by atoms with van der Waals surface area (Å²) in [6.45, 7) is 12.4. The molecule has 98 valence electrons. The Kier molecular flexibility index (Phi) is 5.63. The fourth-order valence-electron chi connectivity index (χ4n) is 2.00. The maximum Gasteiger partial charge on any atom is 0.0386 e. The zero-order chi connectivity index (χ0) is 12.9. The lowest BCUT2D eigenvalue weighted by Gasteiger charge is -2.27. The molecule has 0 fully saturated rings. The molecule has 1 atom stereocenters. The van der Waals surface area contributed by atoms with Crippen molar-refractivity contribution < 1.29 is 0 Å². The van der Waals surface area contributed by atoms with E-state index in [-0.39, 0.29) is 0 Å². The summed E-state index contributed by atoms with van der Waals surface area (Å²) in [7, 11) is 2.20. The molecule has 0 saturated heterocycles. The predicted molar refractivity (Wildman–Crippen MR) is 77.7 cm³/mol. The predicted octanol–water partition coefficient (Wildman–Crippen LogP) is 3.38. The van der Waals surface area contributed by atoms with Gasteiger partial charge in [0, 0.05) is 30.6 Å². The molecule has 2 nitrogen and oxygen atoms in total. The van der Waals surface area contributed by atoms with E-state index in [2.05, 4.69) is 62.5 Å². The minimum Gasteiger partial charge on any atom is -0.308 e. The molecule has 0 aliphatic carbocycles. The molecule has 0 aliphatic rings. The van der Waals surface area contributed by atoms with Gasteiger partial charge in [-0.2, -0.15) is 0 Å². The van der Waals surface area contributed by atoms with Gasteiger partial charge in [-0.25, -0.2) is 0 Å². The van der Waals surface area contributed by atoms with Gasteiger partial charge >= 0.3 is 0 Å². The highest BCUT2D eigenvalue weighted by atomic mass is 32.1. The van der Waals surface area contributed by atoms with E-state index >= 15 is 0 Å². The summed E-state index contributed by atoms with van der Waals surface area (Å²) in [4.78, 5) is 3.82. The van der Waals surface area contributed by atoms with Gasteiger partial charge < -0.3 is 10.2 Å². The Morgan fingerprint density at radius 1 is 1.41 bits per heavy atom. The van der Waals surface area contributed by atoms with Crippen molar-refractivity contribution in [3.8, 4) is 0 Å². The number of nitrogens with one attached hydrogen (secondary N) is 1. The van der Waals surface area contributed by atoms with Gasteiger partial charge in [-0.15, -0.1) is 11.3 Å². The van der Waals surface area contributed by atoms with Crippen LogP contribution in [0.5, 0.6) is 0 Å². The quantitative estimate of drug-likeness (QED) is 0.837. The van der Waals surface area contributed by atoms with Crippen LogP contribution in [0.15, 0.2) is 17.5 Å². The molecule has 1 rings (SSSR count). The number of rotatable bonds is 6. The summed E-state index contributed by atoms with van der Waals surface area (Å²) in [6, 6.07) is 4.78. The molecule has 0 radical (unpaired) electrons. The van der Waals surface area contributed by atoms with Crippen molar-refractivity contribution in [2.45, 2.75) is 33.7 Å². The summed E-state index contributed by atoms with van der Waals surface area (Å²) in [5.74, 6) is 0. The van der Waals surface area contributed by atoms with Crippen LogP contribution in [-0.2, 0) is 0 Å². The van der Waals surface area contributed by atoms with Crippen LogP contribution in [0.4, 0.5) is 0 Å². The number of hydrogen-bond donors (Lipinski definition) is 1. The van der Waals surface area contributed by atoms with E-state index in [0.717, 1.165) is 19.6 Å². The highest BCUT2D eigenvalue weighted by Crippen LogP contribution is 2.18. The molecule has 3 heteroatoms. The lowest BCUT2D eigenvalue weighted by molar-refractivity contribution is 0.225. The van der Waals surface area contributed by atoms with Gasteiger partial charge in [0.25, 0.3) is 0 Å². The Bertz CT molecular complexity index is 301. The molecular weight excluding hydrogens is 228 g/mol. The standard InChI is InChI=1S/C14H26N2S/c1-12(13-7-6-10-17-13)15-8-9-16(5)11-14(2,3)4/h6-7,10,12,15H,8-9,11H2,1-5H3. The van der Waals surface area contributed by atoms with Crippen LogP contribution >= 0.6 is 11.3 Å². The highest BCUT2D eigenvalue weighted by Gasteiger charge is 2.13. The fraction of sp³-hybridized carbons (Fsp3) is 0.714. The van der Waals surface area contributed by atoms with Gasteiger partial charge in [0.15, 0.2) is 0 Å². The molecule has 0 amide bonds. The smallest absolute Gasteiger partial charge is 0.0386 e. The molecule has 0 spiro atoms. The van der Waals surface area contributed by atoms with Gasteiger partial charge in [0.2, 0.25) is 0 Å². The van der Waals surface area contributed by atoms with Gasteiger partial charge in [0.05, 0.1) is 0 Å². The molecule has 1 heterocycles. The SMILES string of the molecule is CC(NCCN(C)CC(C)(C)C)c1cccs1. The number of thiophene rings is 1. The Hall–Kier alpha value is -0.380. The Morgan fingerprint density at radius 2 is 2.12 bits per heavy atom. The number of hydrogen-bond acceptors (Lipinski definition) is 3. The topological polar surface area (TPSA) is 15.3 Å². The third kappa shape index (κ3) is 6.20. The minimum absolute atomic E-state index is 0.383. The zero-order valence-corrected chi connectivity index (χ0v) is 12.6. The third-order valence-electron chi connectivity index (χ3n) is 2.66. The van der Waals surface area contributed by atoms with E-state index < -0.39 is 0 Å². The first-order valence-corrected chi connectivity index (χ1v) is 7.22.